The SMILES string of the molecule is COc1ccc(C=C(C#N)C(=O)NCc2cccs2)c2ccccc12. The van der Waals surface area contributed by atoms with Crippen LogP contribution in [0.3, 0.4) is 0 Å². The molecule has 1 heterocycles. The molecular weight excluding hydrogens is 332 g/mol. The average Bonchev–Trinajstić information content (AvgIpc) is 3.17. The number of hydrogen-bond donors (Lipinski definition) is 1. The van der Waals surface area contributed by atoms with Crippen LogP contribution in [0.2, 0.25) is 0 Å². The van der Waals surface area contributed by atoms with Gasteiger partial charge in [0.15, 0.2) is 0 Å². The highest BCUT2D eigenvalue weighted by molar-refractivity contribution is 7.09. The minimum absolute atomic E-state index is 0.0758. The number of rotatable bonds is 5. The quantitative estimate of drug-likeness (QED) is 0.557. The van der Waals surface area contributed by atoms with Gasteiger partial charge in [0.2, 0.25) is 0 Å². The number of thiophene rings is 1. The third-order valence-corrected chi connectivity index (χ3v) is 4.68. The molecule has 5 heteroatoms. The Labute approximate surface area is 150 Å². The van der Waals surface area contributed by atoms with Crippen LogP contribution in [0.1, 0.15) is 10.4 Å². The van der Waals surface area contributed by atoms with E-state index < -0.39 is 0 Å². The molecule has 0 atom stereocenters. The standard InChI is InChI=1S/C20H16N2O2S/c1-24-19-9-8-14(17-6-2-3-7-18(17)19)11-15(12-21)20(23)22-13-16-5-4-10-25-16/h2-11H,13H2,1H3,(H,22,23). The smallest absolute Gasteiger partial charge is 0.262 e. The van der Waals surface area contributed by atoms with Gasteiger partial charge in [0.1, 0.15) is 17.4 Å². The summed E-state index contributed by atoms with van der Waals surface area (Å²) < 4.78 is 5.38. The van der Waals surface area contributed by atoms with E-state index in [1.165, 1.54) is 0 Å². The Hall–Kier alpha value is -3.10. The van der Waals surface area contributed by atoms with Gasteiger partial charge in [-0.3, -0.25) is 4.79 Å². The Morgan fingerprint density at radius 2 is 2.00 bits per heavy atom. The minimum Gasteiger partial charge on any atom is -0.496 e. The van der Waals surface area contributed by atoms with Crippen molar-refractivity contribution in [2.75, 3.05) is 7.11 Å². The molecule has 25 heavy (non-hydrogen) atoms. The zero-order chi connectivity index (χ0) is 17.6. The van der Waals surface area contributed by atoms with E-state index >= 15 is 0 Å². The molecule has 0 saturated heterocycles. The molecule has 0 aliphatic carbocycles. The van der Waals surface area contributed by atoms with E-state index in [9.17, 15) is 10.1 Å². The first-order chi connectivity index (χ1) is 12.2. The number of nitrogens with one attached hydrogen (secondary N) is 1. The largest absolute Gasteiger partial charge is 0.496 e. The van der Waals surface area contributed by atoms with Crippen molar-refractivity contribution in [2.24, 2.45) is 0 Å². The lowest BCUT2D eigenvalue weighted by Crippen LogP contribution is -2.23. The van der Waals surface area contributed by atoms with Gasteiger partial charge in [-0.05, 0) is 34.5 Å². The molecule has 0 spiro atoms. The van der Waals surface area contributed by atoms with Crippen molar-refractivity contribution in [3.8, 4) is 11.8 Å². The van der Waals surface area contributed by atoms with E-state index in [-0.39, 0.29) is 11.5 Å². The Balaban J connectivity index is 1.91. The van der Waals surface area contributed by atoms with E-state index in [0.717, 1.165) is 27.0 Å². The lowest BCUT2D eigenvalue weighted by molar-refractivity contribution is -0.117. The Morgan fingerprint density at radius 3 is 2.68 bits per heavy atom. The molecule has 4 nitrogen and oxygen atoms in total. The van der Waals surface area contributed by atoms with Crippen LogP contribution in [0.15, 0.2) is 59.5 Å². The average molecular weight is 348 g/mol. The van der Waals surface area contributed by atoms with Crippen LogP contribution < -0.4 is 10.1 Å². The molecular formula is C20H16N2O2S. The number of carbonyl (C=O) groups excluding carboxylic acids is 1. The topological polar surface area (TPSA) is 62.1 Å². The molecule has 0 aliphatic rings. The molecule has 0 aliphatic heterocycles. The summed E-state index contributed by atoms with van der Waals surface area (Å²) in [5.74, 6) is 0.379. The van der Waals surface area contributed by atoms with Crippen LogP contribution in [-0.4, -0.2) is 13.0 Å². The molecule has 2 aromatic carbocycles. The fourth-order valence-corrected chi connectivity index (χ4v) is 3.22. The predicted molar refractivity (Wildman–Crippen MR) is 100 cm³/mol. The summed E-state index contributed by atoms with van der Waals surface area (Å²) >= 11 is 1.56. The van der Waals surface area contributed by atoms with Gasteiger partial charge in [0.25, 0.3) is 5.91 Å². The van der Waals surface area contributed by atoms with E-state index in [2.05, 4.69) is 5.32 Å². The van der Waals surface area contributed by atoms with E-state index in [1.54, 1.807) is 24.5 Å². The second-order valence-corrected chi connectivity index (χ2v) is 6.37. The number of benzene rings is 2. The van der Waals surface area contributed by atoms with Crippen LogP contribution in [0, 0.1) is 11.3 Å². The van der Waals surface area contributed by atoms with E-state index in [1.807, 2.05) is 60.0 Å². The summed E-state index contributed by atoms with van der Waals surface area (Å²) in [5, 5.41) is 16.0. The van der Waals surface area contributed by atoms with Gasteiger partial charge < -0.3 is 10.1 Å². The van der Waals surface area contributed by atoms with Crippen LogP contribution >= 0.6 is 11.3 Å². The number of amides is 1. The lowest BCUT2D eigenvalue weighted by Gasteiger charge is -2.08. The first-order valence-electron chi connectivity index (χ1n) is 7.71. The van der Waals surface area contributed by atoms with Gasteiger partial charge in [0, 0.05) is 10.3 Å². The van der Waals surface area contributed by atoms with Crippen molar-refractivity contribution in [3.63, 3.8) is 0 Å². The van der Waals surface area contributed by atoms with E-state index in [4.69, 9.17) is 4.74 Å². The monoisotopic (exact) mass is 348 g/mol. The minimum atomic E-state index is -0.379. The highest BCUT2D eigenvalue weighted by Gasteiger charge is 2.11. The van der Waals surface area contributed by atoms with Crippen molar-refractivity contribution in [1.82, 2.24) is 5.32 Å². The molecule has 0 bridgehead atoms. The highest BCUT2D eigenvalue weighted by atomic mass is 32.1. The summed E-state index contributed by atoms with van der Waals surface area (Å²) in [6.07, 6.45) is 1.62. The van der Waals surface area contributed by atoms with Gasteiger partial charge in [-0.25, -0.2) is 0 Å². The number of hydrogen-bond acceptors (Lipinski definition) is 4. The number of nitrogens with zero attached hydrogens (tertiary/aromatic N) is 1. The summed E-state index contributed by atoms with van der Waals surface area (Å²) in [6, 6.07) is 17.3. The zero-order valence-corrected chi connectivity index (χ0v) is 14.5. The van der Waals surface area contributed by atoms with Crippen molar-refractivity contribution < 1.29 is 9.53 Å². The van der Waals surface area contributed by atoms with Crippen LogP contribution in [0.25, 0.3) is 16.8 Å². The van der Waals surface area contributed by atoms with Crippen molar-refractivity contribution in [2.45, 2.75) is 6.54 Å². The molecule has 1 amide bonds. The van der Waals surface area contributed by atoms with Gasteiger partial charge in [-0.15, -0.1) is 11.3 Å². The third kappa shape index (κ3) is 3.70. The van der Waals surface area contributed by atoms with E-state index in [0.29, 0.717) is 6.54 Å². The molecule has 3 aromatic rings. The Bertz CT molecular complexity index is 969. The normalized spacial score (nSPS) is 11.1. The van der Waals surface area contributed by atoms with Gasteiger partial charge in [0.05, 0.1) is 13.7 Å². The summed E-state index contributed by atoms with van der Waals surface area (Å²) in [5.41, 5.74) is 0.881. The fourth-order valence-electron chi connectivity index (χ4n) is 2.58. The molecule has 0 unspecified atom stereocenters. The molecule has 3 rings (SSSR count). The third-order valence-electron chi connectivity index (χ3n) is 3.81. The Kier molecular flexibility index (Phi) is 5.12. The number of fused-ring (bicyclic) bond motifs is 1. The van der Waals surface area contributed by atoms with Gasteiger partial charge in [-0.1, -0.05) is 36.4 Å². The molecule has 0 fully saturated rings. The summed E-state index contributed by atoms with van der Waals surface area (Å²) in [4.78, 5) is 13.4. The number of ether oxygens (including phenoxy) is 1. The second kappa shape index (κ2) is 7.65. The van der Waals surface area contributed by atoms with Gasteiger partial charge >= 0.3 is 0 Å². The van der Waals surface area contributed by atoms with Gasteiger partial charge in [-0.2, -0.15) is 5.26 Å². The molecule has 1 aromatic heterocycles. The Morgan fingerprint density at radius 1 is 1.20 bits per heavy atom. The lowest BCUT2D eigenvalue weighted by atomic mass is 10.0. The van der Waals surface area contributed by atoms with Crippen molar-refractivity contribution >= 4 is 34.1 Å². The van der Waals surface area contributed by atoms with Crippen molar-refractivity contribution in [1.29, 1.82) is 5.26 Å². The maximum absolute atomic E-state index is 12.3. The molecule has 1 N–H and O–H groups in total. The zero-order valence-electron chi connectivity index (χ0n) is 13.7. The van der Waals surface area contributed by atoms with Crippen molar-refractivity contribution in [3.05, 3.63) is 69.9 Å². The fraction of sp³-hybridized carbons (Fsp3) is 0.100. The highest BCUT2D eigenvalue weighted by Crippen LogP contribution is 2.29. The maximum atomic E-state index is 12.3. The number of carbonyl (C=O) groups is 1. The molecule has 124 valence electrons. The predicted octanol–water partition coefficient (Wildman–Crippen LogP) is 4.13. The van der Waals surface area contributed by atoms with Crippen LogP contribution in [0.4, 0.5) is 0 Å². The first-order valence-corrected chi connectivity index (χ1v) is 8.59. The number of nitriles is 1. The molecule has 0 saturated carbocycles. The summed E-state index contributed by atoms with van der Waals surface area (Å²) in [6.45, 7) is 0.416. The maximum Gasteiger partial charge on any atom is 0.262 e. The summed E-state index contributed by atoms with van der Waals surface area (Å²) in [7, 11) is 1.62. The van der Waals surface area contributed by atoms with Crippen LogP contribution in [0.5, 0.6) is 5.75 Å². The number of methoxy groups -OCH3 is 1. The molecule has 0 radical (unpaired) electrons. The van der Waals surface area contributed by atoms with Crippen LogP contribution in [-0.2, 0) is 11.3 Å². The second-order valence-electron chi connectivity index (χ2n) is 5.33. The first kappa shape index (κ1) is 16.7.